The lowest BCUT2D eigenvalue weighted by Crippen LogP contribution is -2.36. The molecular weight excluding hydrogens is 406 g/mol. The van der Waals surface area contributed by atoms with Gasteiger partial charge in [-0.15, -0.1) is 0 Å². The fourth-order valence-corrected chi connectivity index (χ4v) is 4.19. The quantitative estimate of drug-likeness (QED) is 0.665. The van der Waals surface area contributed by atoms with Crippen LogP contribution in [0.5, 0.6) is 0 Å². The Bertz CT molecular complexity index is 963. The molecule has 1 fully saturated rings. The van der Waals surface area contributed by atoms with E-state index in [1.54, 1.807) is 17.3 Å². The van der Waals surface area contributed by atoms with Crippen molar-refractivity contribution >= 4 is 17.7 Å². The van der Waals surface area contributed by atoms with Crippen LogP contribution in [0.4, 0.5) is 10.5 Å². The average molecular weight is 438 g/mol. The van der Waals surface area contributed by atoms with Gasteiger partial charge in [0.15, 0.2) is 0 Å². The van der Waals surface area contributed by atoms with Crippen molar-refractivity contribution in [1.82, 2.24) is 9.88 Å². The fraction of sp³-hybridized carbons (Fsp3) is 0.480. The summed E-state index contributed by atoms with van der Waals surface area (Å²) in [5, 5.41) is 0. The number of rotatable bonds is 4. The summed E-state index contributed by atoms with van der Waals surface area (Å²) in [4.78, 5) is 33.0. The van der Waals surface area contributed by atoms with Crippen molar-refractivity contribution in [2.45, 2.75) is 58.9 Å². The molecule has 7 heteroatoms. The van der Waals surface area contributed by atoms with Crippen molar-refractivity contribution in [2.75, 3.05) is 18.0 Å². The molecule has 32 heavy (non-hydrogen) atoms. The molecule has 170 valence electrons. The number of ether oxygens (including phenoxy) is 2. The molecular formula is C25H31N3O4. The molecule has 4 rings (SSSR count). The molecule has 1 aromatic carbocycles. The van der Waals surface area contributed by atoms with Gasteiger partial charge in [0.2, 0.25) is 0 Å². The van der Waals surface area contributed by atoms with Crippen molar-refractivity contribution in [3.63, 3.8) is 0 Å². The minimum Gasteiger partial charge on any atom is -0.461 e. The highest BCUT2D eigenvalue weighted by Gasteiger charge is 2.29. The average Bonchev–Trinajstić information content (AvgIpc) is 3.21. The Morgan fingerprint density at radius 3 is 2.41 bits per heavy atom. The van der Waals surface area contributed by atoms with Crippen LogP contribution >= 0.6 is 0 Å². The number of benzene rings is 1. The van der Waals surface area contributed by atoms with Gasteiger partial charge in [-0.25, -0.2) is 4.79 Å². The fourth-order valence-electron chi connectivity index (χ4n) is 4.19. The lowest BCUT2D eigenvalue weighted by molar-refractivity contribution is -0.150. The molecule has 2 aliphatic heterocycles. The van der Waals surface area contributed by atoms with E-state index < -0.39 is 5.60 Å². The number of nitrogens with zero attached hydrogens (tertiary/aromatic N) is 3. The maximum atomic E-state index is 12.6. The first-order chi connectivity index (χ1) is 15.3. The second-order valence-corrected chi connectivity index (χ2v) is 9.51. The van der Waals surface area contributed by atoms with Crippen molar-refractivity contribution in [1.29, 1.82) is 0 Å². The number of hydrogen-bond donors (Lipinski definition) is 0. The molecule has 1 amide bonds. The van der Waals surface area contributed by atoms with Crippen LogP contribution in [0.1, 0.15) is 50.3 Å². The van der Waals surface area contributed by atoms with Gasteiger partial charge in [-0.2, -0.15) is 0 Å². The molecule has 0 unspecified atom stereocenters. The number of amides is 1. The third-order valence-corrected chi connectivity index (χ3v) is 5.88. The first-order valence-corrected chi connectivity index (χ1v) is 11.2. The first-order valence-electron chi connectivity index (χ1n) is 11.2. The monoisotopic (exact) mass is 437 g/mol. The van der Waals surface area contributed by atoms with Crippen LogP contribution in [-0.2, 0) is 34.0 Å². The molecule has 0 atom stereocenters. The van der Waals surface area contributed by atoms with Gasteiger partial charge >= 0.3 is 12.1 Å². The van der Waals surface area contributed by atoms with Crippen LogP contribution in [0, 0.1) is 5.92 Å². The van der Waals surface area contributed by atoms with E-state index in [0.717, 1.165) is 48.3 Å². The standard InChI is InChI=1S/C25H31N3O4/c1-25(2,3)32-24(30)28-15-20-5-4-18(14-21(20)16-28)17-31-23(29)19-8-12-27(13-9-19)22-6-10-26-11-7-22/h4-7,10-11,14,19H,8-9,12-13,15-17H2,1-3H3. The van der Waals surface area contributed by atoms with E-state index in [1.165, 1.54) is 0 Å². The Hall–Kier alpha value is -3.09. The summed E-state index contributed by atoms with van der Waals surface area (Å²) in [7, 11) is 0. The number of aromatic nitrogens is 1. The predicted octanol–water partition coefficient (Wildman–Crippen LogP) is 4.29. The van der Waals surface area contributed by atoms with Gasteiger partial charge in [-0.05, 0) is 62.4 Å². The van der Waals surface area contributed by atoms with E-state index in [4.69, 9.17) is 9.47 Å². The molecule has 1 saturated heterocycles. The maximum absolute atomic E-state index is 12.6. The molecule has 0 bridgehead atoms. The zero-order valence-electron chi connectivity index (χ0n) is 19.0. The third kappa shape index (κ3) is 5.39. The van der Waals surface area contributed by atoms with E-state index in [2.05, 4.69) is 9.88 Å². The highest BCUT2D eigenvalue weighted by Crippen LogP contribution is 2.27. The number of piperidine rings is 1. The van der Waals surface area contributed by atoms with Gasteiger partial charge in [0, 0.05) is 44.3 Å². The van der Waals surface area contributed by atoms with E-state index in [1.807, 2.05) is 51.1 Å². The predicted molar refractivity (Wildman–Crippen MR) is 121 cm³/mol. The third-order valence-electron chi connectivity index (χ3n) is 5.88. The van der Waals surface area contributed by atoms with Gasteiger partial charge in [0.25, 0.3) is 0 Å². The molecule has 0 aliphatic carbocycles. The zero-order valence-corrected chi connectivity index (χ0v) is 19.0. The van der Waals surface area contributed by atoms with Gasteiger partial charge in [0.05, 0.1) is 5.92 Å². The summed E-state index contributed by atoms with van der Waals surface area (Å²) < 4.78 is 11.1. The Morgan fingerprint density at radius 2 is 1.72 bits per heavy atom. The number of carbonyl (C=O) groups excluding carboxylic acids is 2. The number of anilines is 1. The molecule has 0 saturated carbocycles. The molecule has 7 nitrogen and oxygen atoms in total. The van der Waals surface area contributed by atoms with Gasteiger partial charge in [-0.1, -0.05) is 18.2 Å². The molecule has 0 radical (unpaired) electrons. The van der Waals surface area contributed by atoms with Crippen molar-refractivity contribution in [3.8, 4) is 0 Å². The summed E-state index contributed by atoms with van der Waals surface area (Å²) in [5.41, 5.74) is 3.76. The SMILES string of the molecule is CC(C)(C)OC(=O)N1Cc2ccc(COC(=O)C3CCN(c4ccncc4)CC3)cc2C1. The molecule has 3 heterocycles. The number of fused-ring (bicyclic) bond motifs is 1. The van der Waals surface area contributed by atoms with E-state index in [9.17, 15) is 9.59 Å². The second kappa shape index (κ2) is 9.18. The van der Waals surface area contributed by atoms with Crippen LogP contribution in [0.25, 0.3) is 0 Å². The Balaban J connectivity index is 1.26. The summed E-state index contributed by atoms with van der Waals surface area (Å²) in [6.07, 6.45) is 4.85. The lowest BCUT2D eigenvalue weighted by Gasteiger charge is -2.32. The number of pyridine rings is 1. The van der Waals surface area contributed by atoms with Crippen LogP contribution in [-0.4, -0.2) is 40.6 Å². The summed E-state index contributed by atoms with van der Waals surface area (Å²) >= 11 is 0. The molecule has 2 aromatic rings. The molecule has 2 aliphatic rings. The van der Waals surface area contributed by atoms with Gasteiger partial charge in [-0.3, -0.25) is 14.7 Å². The molecule has 0 spiro atoms. The van der Waals surface area contributed by atoms with Crippen molar-refractivity contribution in [3.05, 3.63) is 59.4 Å². The minimum absolute atomic E-state index is 0.0647. The van der Waals surface area contributed by atoms with Gasteiger partial charge in [0.1, 0.15) is 12.2 Å². The molecule has 0 N–H and O–H groups in total. The largest absolute Gasteiger partial charge is 0.461 e. The lowest BCUT2D eigenvalue weighted by atomic mass is 9.96. The normalized spacial score (nSPS) is 16.6. The van der Waals surface area contributed by atoms with Crippen LogP contribution in [0.2, 0.25) is 0 Å². The summed E-state index contributed by atoms with van der Waals surface area (Å²) in [5.74, 6) is -0.194. The van der Waals surface area contributed by atoms with Crippen LogP contribution < -0.4 is 4.90 Å². The topological polar surface area (TPSA) is 72.0 Å². The smallest absolute Gasteiger partial charge is 0.410 e. The Labute approximate surface area is 189 Å². The maximum Gasteiger partial charge on any atom is 0.410 e. The van der Waals surface area contributed by atoms with Crippen molar-refractivity contribution < 1.29 is 19.1 Å². The Kier molecular flexibility index (Phi) is 6.35. The van der Waals surface area contributed by atoms with Crippen LogP contribution in [0.15, 0.2) is 42.7 Å². The minimum atomic E-state index is -0.514. The highest BCUT2D eigenvalue weighted by atomic mass is 16.6. The summed E-state index contributed by atoms with van der Waals surface area (Å²) in [6, 6.07) is 10.00. The number of hydrogen-bond acceptors (Lipinski definition) is 6. The first kappa shape index (κ1) is 22.1. The Morgan fingerprint density at radius 1 is 1.03 bits per heavy atom. The zero-order chi connectivity index (χ0) is 22.7. The number of carbonyl (C=O) groups is 2. The van der Waals surface area contributed by atoms with Gasteiger partial charge < -0.3 is 14.4 Å². The van der Waals surface area contributed by atoms with E-state index >= 15 is 0 Å². The molecule has 1 aromatic heterocycles. The van der Waals surface area contributed by atoms with E-state index in [0.29, 0.717) is 13.1 Å². The van der Waals surface area contributed by atoms with E-state index in [-0.39, 0.29) is 24.6 Å². The highest BCUT2D eigenvalue weighted by molar-refractivity contribution is 5.73. The number of esters is 1. The van der Waals surface area contributed by atoms with Crippen molar-refractivity contribution in [2.24, 2.45) is 5.92 Å². The summed E-state index contributed by atoms with van der Waals surface area (Å²) in [6.45, 7) is 8.58. The second-order valence-electron chi connectivity index (χ2n) is 9.51. The van der Waals surface area contributed by atoms with Crippen LogP contribution in [0.3, 0.4) is 0 Å².